The van der Waals surface area contributed by atoms with E-state index in [1.807, 2.05) is 5.38 Å². The molecule has 18 heavy (non-hydrogen) atoms. The maximum Gasteiger partial charge on any atom is 0.294 e. The molecule has 1 aromatic rings. The molecule has 0 radical (unpaired) electrons. The van der Waals surface area contributed by atoms with Crippen LogP contribution in [0.5, 0.6) is 0 Å². The molecule has 0 aliphatic heterocycles. The molecule has 3 N–H and O–H groups in total. The number of thiazole rings is 1. The zero-order valence-corrected chi connectivity index (χ0v) is 11.3. The number of rotatable bonds is 6. The van der Waals surface area contributed by atoms with Gasteiger partial charge in [-0.2, -0.15) is 5.26 Å². The monoisotopic (exact) mass is 267 g/mol. The van der Waals surface area contributed by atoms with Crippen molar-refractivity contribution >= 4 is 17.2 Å². The minimum absolute atomic E-state index is 0.326. The van der Waals surface area contributed by atoms with Crippen LogP contribution >= 0.6 is 11.3 Å². The Morgan fingerprint density at radius 3 is 3.00 bits per heavy atom. The van der Waals surface area contributed by atoms with E-state index < -0.39 is 0 Å². The van der Waals surface area contributed by atoms with Gasteiger partial charge in [-0.1, -0.05) is 0 Å². The number of nitriles is 1. The largest absolute Gasteiger partial charge is 0.294 e. The predicted octanol–water partition coefficient (Wildman–Crippen LogP) is 0.871. The first kappa shape index (κ1) is 14.6. The Morgan fingerprint density at radius 2 is 2.44 bits per heavy atom. The average molecular weight is 267 g/mol. The number of carbonyl (C=O) groups is 1. The smallest absolute Gasteiger partial charge is 0.294 e. The van der Waals surface area contributed by atoms with Crippen LogP contribution in [-0.2, 0) is 6.54 Å². The molecular weight excluding hydrogens is 250 g/mol. The van der Waals surface area contributed by atoms with E-state index in [2.05, 4.69) is 35.2 Å². The number of nitrogens with zero attached hydrogens (tertiary/aromatic N) is 3. The molecule has 0 saturated carbocycles. The summed E-state index contributed by atoms with van der Waals surface area (Å²) in [5.41, 5.74) is 2.88. The summed E-state index contributed by atoms with van der Waals surface area (Å²) < 4.78 is 0. The molecule has 98 valence electrons. The normalized spacial score (nSPS) is 10.7. The molecule has 6 nitrogen and oxygen atoms in total. The van der Waals surface area contributed by atoms with Crippen molar-refractivity contribution in [1.29, 1.82) is 5.26 Å². The summed E-state index contributed by atoms with van der Waals surface area (Å²) in [4.78, 5) is 17.6. The summed E-state index contributed by atoms with van der Waals surface area (Å²) in [6.07, 6.45) is 0.485. The van der Waals surface area contributed by atoms with Gasteiger partial charge in [-0.25, -0.2) is 10.8 Å². The van der Waals surface area contributed by atoms with Gasteiger partial charge in [0, 0.05) is 30.9 Å². The number of nitrogens with two attached hydrogens (primary N) is 1. The van der Waals surface area contributed by atoms with Crippen molar-refractivity contribution in [3.8, 4) is 6.07 Å². The molecule has 0 bridgehead atoms. The number of nitrogens with one attached hydrogen (secondary N) is 1. The highest BCUT2D eigenvalue weighted by Gasteiger charge is 2.14. The number of amides is 1. The summed E-state index contributed by atoms with van der Waals surface area (Å²) in [6.45, 7) is 5.46. The molecule has 0 aliphatic carbocycles. The third-order valence-electron chi connectivity index (χ3n) is 2.48. The SMILES string of the molecule is CC(C)N(CCC#N)Cc1csc(C(=O)NN)n1. The minimum atomic E-state index is -0.376. The lowest BCUT2D eigenvalue weighted by atomic mass is 10.2. The molecule has 0 spiro atoms. The lowest BCUT2D eigenvalue weighted by Crippen LogP contribution is -2.32. The molecule has 1 heterocycles. The standard InChI is InChI=1S/C11H17N5OS/c1-8(2)16(5-3-4-12)6-9-7-18-11(14-9)10(17)15-13/h7-8H,3,5-6,13H2,1-2H3,(H,15,17). The molecule has 0 aliphatic rings. The second-order valence-corrected chi connectivity index (χ2v) is 4.95. The van der Waals surface area contributed by atoms with Crippen molar-refractivity contribution in [2.24, 2.45) is 5.84 Å². The number of hydrazine groups is 1. The van der Waals surface area contributed by atoms with Crippen molar-refractivity contribution < 1.29 is 4.79 Å². The fourth-order valence-electron chi connectivity index (χ4n) is 1.47. The third-order valence-corrected chi connectivity index (χ3v) is 3.37. The lowest BCUT2D eigenvalue weighted by Gasteiger charge is -2.24. The number of aromatic nitrogens is 1. The molecule has 1 amide bonds. The van der Waals surface area contributed by atoms with Crippen LogP contribution in [0.25, 0.3) is 0 Å². The van der Waals surface area contributed by atoms with Crippen molar-refractivity contribution in [2.45, 2.75) is 32.9 Å². The second kappa shape index (κ2) is 7.06. The Bertz CT molecular complexity index is 437. The van der Waals surface area contributed by atoms with Gasteiger partial charge in [0.2, 0.25) is 0 Å². The van der Waals surface area contributed by atoms with Gasteiger partial charge in [-0.15, -0.1) is 11.3 Å². The quantitative estimate of drug-likeness (QED) is 0.453. The number of hydrogen-bond acceptors (Lipinski definition) is 6. The van der Waals surface area contributed by atoms with Gasteiger partial charge in [0.25, 0.3) is 5.91 Å². The zero-order valence-electron chi connectivity index (χ0n) is 10.5. The fourth-order valence-corrected chi connectivity index (χ4v) is 2.18. The Kier molecular flexibility index (Phi) is 5.71. The Morgan fingerprint density at radius 1 is 1.72 bits per heavy atom. The summed E-state index contributed by atoms with van der Waals surface area (Å²) in [7, 11) is 0. The number of carbonyl (C=O) groups excluding carboxylic acids is 1. The summed E-state index contributed by atoms with van der Waals surface area (Å²) >= 11 is 1.26. The van der Waals surface area contributed by atoms with Gasteiger partial charge in [0.15, 0.2) is 5.01 Å². The van der Waals surface area contributed by atoms with Crippen LogP contribution in [0.2, 0.25) is 0 Å². The van der Waals surface area contributed by atoms with E-state index >= 15 is 0 Å². The van der Waals surface area contributed by atoms with Crippen molar-refractivity contribution in [1.82, 2.24) is 15.3 Å². The van der Waals surface area contributed by atoms with Crippen LogP contribution in [0.15, 0.2) is 5.38 Å². The van der Waals surface area contributed by atoms with Crippen LogP contribution in [0, 0.1) is 11.3 Å². The van der Waals surface area contributed by atoms with Gasteiger partial charge in [-0.3, -0.25) is 15.1 Å². The van der Waals surface area contributed by atoms with Gasteiger partial charge < -0.3 is 0 Å². The molecule has 1 rings (SSSR count). The minimum Gasteiger partial charge on any atom is -0.294 e. The first-order valence-electron chi connectivity index (χ1n) is 5.64. The van der Waals surface area contributed by atoms with Gasteiger partial charge in [0.1, 0.15) is 0 Å². The van der Waals surface area contributed by atoms with E-state index in [0.717, 1.165) is 5.69 Å². The fraction of sp³-hybridized carbons (Fsp3) is 0.545. The number of nitrogen functional groups attached to an aromatic ring is 1. The van der Waals surface area contributed by atoms with E-state index in [-0.39, 0.29) is 5.91 Å². The molecular formula is C11H17N5OS. The van der Waals surface area contributed by atoms with E-state index in [0.29, 0.717) is 30.6 Å². The van der Waals surface area contributed by atoms with Crippen molar-refractivity contribution in [2.75, 3.05) is 6.54 Å². The van der Waals surface area contributed by atoms with Gasteiger partial charge in [0.05, 0.1) is 11.8 Å². The highest BCUT2D eigenvalue weighted by atomic mass is 32.1. The van der Waals surface area contributed by atoms with E-state index in [9.17, 15) is 4.79 Å². The number of hydrogen-bond donors (Lipinski definition) is 2. The molecule has 0 unspecified atom stereocenters. The zero-order chi connectivity index (χ0) is 13.5. The van der Waals surface area contributed by atoms with Crippen LogP contribution < -0.4 is 11.3 Å². The van der Waals surface area contributed by atoms with E-state index in [4.69, 9.17) is 11.1 Å². The van der Waals surface area contributed by atoms with Crippen LogP contribution in [0.4, 0.5) is 0 Å². The predicted molar refractivity (Wildman–Crippen MR) is 69.5 cm³/mol. The van der Waals surface area contributed by atoms with Gasteiger partial charge in [-0.05, 0) is 13.8 Å². The molecule has 0 atom stereocenters. The molecule has 1 aromatic heterocycles. The maximum atomic E-state index is 11.3. The molecule has 0 fully saturated rings. The van der Waals surface area contributed by atoms with Gasteiger partial charge >= 0.3 is 0 Å². The van der Waals surface area contributed by atoms with Crippen LogP contribution in [0.1, 0.15) is 35.8 Å². The topological polar surface area (TPSA) is 95.0 Å². The highest BCUT2D eigenvalue weighted by molar-refractivity contribution is 7.11. The van der Waals surface area contributed by atoms with Crippen molar-refractivity contribution in [3.63, 3.8) is 0 Å². The Hall–Kier alpha value is -1.49. The Balaban J connectivity index is 2.66. The van der Waals surface area contributed by atoms with Crippen LogP contribution in [0.3, 0.4) is 0 Å². The lowest BCUT2D eigenvalue weighted by molar-refractivity contribution is 0.0953. The van der Waals surface area contributed by atoms with Crippen molar-refractivity contribution in [3.05, 3.63) is 16.1 Å². The molecule has 7 heteroatoms. The Labute approximate surface area is 110 Å². The average Bonchev–Trinajstić information content (AvgIpc) is 2.81. The molecule has 0 saturated heterocycles. The third kappa shape index (κ3) is 4.07. The summed E-state index contributed by atoms with van der Waals surface area (Å²) in [5, 5.41) is 10.8. The second-order valence-electron chi connectivity index (χ2n) is 4.09. The van der Waals surface area contributed by atoms with E-state index in [1.165, 1.54) is 11.3 Å². The van der Waals surface area contributed by atoms with Crippen LogP contribution in [-0.4, -0.2) is 28.4 Å². The highest BCUT2D eigenvalue weighted by Crippen LogP contribution is 2.13. The maximum absolute atomic E-state index is 11.3. The first-order chi connectivity index (χ1) is 8.58. The first-order valence-corrected chi connectivity index (χ1v) is 6.52. The summed E-state index contributed by atoms with van der Waals surface area (Å²) in [6, 6.07) is 2.46. The van der Waals surface area contributed by atoms with E-state index in [1.54, 1.807) is 0 Å². The molecule has 0 aromatic carbocycles. The summed E-state index contributed by atoms with van der Waals surface area (Å²) in [5.74, 6) is 4.67.